The Labute approximate surface area is 131 Å². The van der Waals surface area contributed by atoms with Crippen LogP contribution in [0.5, 0.6) is 0 Å². The number of urea groups is 1. The van der Waals surface area contributed by atoms with E-state index in [1.54, 1.807) is 59.4 Å². The van der Waals surface area contributed by atoms with Crippen molar-refractivity contribution in [1.82, 2.24) is 19.6 Å². The van der Waals surface area contributed by atoms with Gasteiger partial charge in [0.2, 0.25) is 0 Å². The molecule has 0 radical (unpaired) electrons. The molecule has 0 spiro atoms. The molecule has 112 valence electrons. The van der Waals surface area contributed by atoms with Crippen molar-refractivity contribution in [3.63, 3.8) is 0 Å². The second-order valence-corrected chi connectivity index (χ2v) is 5.01. The van der Waals surface area contributed by atoms with Crippen molar-refractivity contribution in [2.24, 2.45) is 7.05 Å². The number of benzene rings is 1. The molecular weight excluding hydrogens is 304 g/mol. The van der Waals surface area contributed by atoms with Gasteiger partial charge >= 0.3 is 6.03 Å². The number of carbonyl (C=O) groups excluding carboxylic acids is 1. The predicted octanol–water partition coefficient (Wildman–Crippen LogP) is 2.90. The average molecular weight is 317 g/mol. The number of hydrogen-bond acceptors (Lipinski definition) is 3. The zero-order valence-corrected chi connectivity index (χ0v) is 12.4. The van der Waals surface area contributed by atoms with E-state index in [-0.39, 0.29) is 6.03 Å². The maximum Gasteiger partial charge on any atom is 0.323 e. The van der Waals surface area contributed by atoms with Gasteiger partial charge in [0.1, 0.15) is 0 Å². The summed E-state index contributed by atoms with van der Waals surface area (Å²) in [6, 6.07) is 6.65. The Morgan fingerprint density at radius 3 is 2.68 bits per heavy atom. The molecule has 0 bridgehead atoms. The first-order valence-corrected chi connectivity index (χ1v) is 6.86. The lowest BCUT2D eigenvalue weighted by Crippen LogP contribution is -2.19. The minimum absolute atomic E-state index is 0.365. The van der Waals surface area contributed by atoms with Gasteiger partial charge in [-0.15, -0.1) is 0 Å². The summed E-state index contributed by atoms with van der Waals surface area (Å²) in [5, 5.41) is 14.0. The van der Waals surface area contributed by atoms with Gasteiger partial charge in [0.25, 0.3) is 0 Å². The standard InChI is InChI=1S/C14H13ClN6O/c1-20-9-11(8-17-20)19-14(22)18-10-3-4-13(12(15)7-10)21-6-2-5-16-21/h2-9H,1H3,(H2,18,19,22). The number of nitrogens with zero attached hydrogens (tertiary/aromatic N) is 4. The zero-order chi connectivity index (χ0) is 15.5. The minimum atomic E-state index is -0.365. The first-order chi connectivity index (χ1) is 10.6. The van der Waals surface area contributed by atoms with E-state index >= 15 is 0 Å². The normalized spacial score (nSPS) is 10.5. The highest BCUT2D eigenvalue weighted by Crippen LogP contribution is 2.24. The van der Waals surface area contributed by atoms with Crippen LogP contribution < -0.4 is 10.6 Å². The van der Waals surface area contributed by atoms with Crippen molar-refractivity contribution < 1.29 is 4.79 Å². The van der Waals surface area contributed by atoms with Crippen molar-refractivity contribution in [2.75, 3.05) is 10.6 Å². The molecule has 0 unspecified atom stereocenters. The predicted molar refractivity (Wildman–Crippen MR) is 84.4 cm³/mol. The molecule has 7 nitrogen and oxygen atoms in total. The van der Waals surface area contributed by atoms with Gasteiger partial charge in [-0.3, -0.25) is 4.68 Å². The van der Waals surface area contributed by atoms with Crippen LogP contribution in [0.25, 0.3) is 5.69 Å². The Hall–Kier alpha value is -2.80. The summed E-state index contributed by atoms with van der Waals surface area (Å²) in [7, 11) is 1.77. The molecule has 0 aliphatic rings. The van der Waals surface area contributed by atoms with Crippen molar-refractivity contribution >= 4 is 29.0 Å². The summed E-state index contributed by atoms with van der Waals surface area (Å²) in [6.45, 7) is 0. The molecule has 0 fully saturated rings. The van der Waals surface area contributed by atoms with Crippen LogP contribution in [-0.2, 0) is 7.05 Å². The third-order valence-corrected chi connectivity index (χ3v) is 3.22. The quantitative estimate of drug-likeness (QED) is 0.780. The number of hydrogen-bond donors (Lipinski definition) is 2. The minimum Gasteiger partial charge on any atom is -0.308 e. The maximum atomic E-state index is 11.9. The third kappa shape index (κ3) is 3.09. The first kappa shape index (κ1) is 14.2. The summed E-state index contributed by atoms with van der Waals surface area (Å²) in [6.07, 6.45) is 6.73. The molecule has 2 heterocycles. The third-order valence-electron chi connectivity index (χ3n) is 2.92. The number of nitrogens with one attached hydrogen (secondary N) is 2. The first-order valence-electron chi connectivity index (χ1n) is 6.48. The van der Waals surface area contributed by atoms with E-state index in [9.17, 15) is 4.79 Å². The largest absolute Gasteiger partial charge is 0.323 e. The van der Waals surface area contributed by atoms with E-state index in [4.69, 9.17) is 11.6 Å². The van der Waals surface area contributed by atoms with E-state index in [1.165, 1.54) is 0 Å². The van der Waals surface area contributed by atoms with Crippen LogP contribution in [0.15, 0.2) is 49.1 Å². The van der Waals surface area contributed by atoms with Gasteiger partial charge in [-0.2, -0.15) is 10.2 Å². The molecule has 0 saturated carbocycles. The lowest BCUT2D eigenvalue weighted by atomic mass is 10.3. The highest BCUT2D eigenvalue weighted by atomic mass is 35.5. The molecule has 8 heteroatoms. The molecule has 2 N–H and O–H groups in total. The van der Waals surface area contributed by atoms with E-state index in [0.29, 0.717) is 16.4 Å². The number of aromatic nitrogens is 4. The SMILES string of the molecule is Cn1cc(NC(=O)Nc2ccc(-n3cccn3)c(Cl)c2)cn1. The Morgan fingerprint density at radius 1 is 1.23 bits per heavy atom. The van der Waals surface area contributed by atoms with Crippen LogP contribution >= 0.6 is 11.6 Å². The van der Waals surface area contributed by atoms with E-state index < -0.39 is 0 Å². The molecule has 0 saturated heterocycles. The number of rotatable bonds is 3. The molecular formula is C14H13ClN6O. The zero-order valence-electron chi connectivity index (χ0n) is 11.7. The molecule has 22 heavy (non-hydrogen) atoms. The lowest BCUT2D eigenvalue weighted by molar-refractivity contribution is 0.262. The van der Waals surface area contributed by atoms with Crippen LogP contribution in [0.2, 0.25) is 5.02 Å². The number of halogens is 1. The van der Waals surface area contributed by atoms with Gasteiger partial charge in [0, 0.05) is 31.3 Å². The summed E-state index contributed by atoms with van der Waals surface area (Å²) >= 11 is 6.22. The number of aryl methyl sites for hydroxylation is 1. The van der Waals surface area contributed by atoms with Crippen molar-refractivity contribution in [1.29, 1.82) is 0 Å². The molecule has 0 aliphatic carbocycles. The fourth-order valence-corrected chi connectivity index (χ4v) is 2.23. The maximum absolute atomic E-state index is 11.9. The number of carbonyl (C=O) groups is 1. The topological polar surface area (TPSA) is 76.8 Å². The second-order valence-electron chi connectivity index (χ2n) is 4.60. The van der Waals surface area contributed by atoms with Gasteiger partial charge < -0.3 is 10.6 Å². The molecule has 3 aromatic rings. The average Bonchev–Trinajstić information content (AvgIpc) is 3.11. The van der Waals surface area contributed by atoms with Crippen LogP contribution in [-0.4, -0.2) is 25.6 Å². The molecule has 0 atom stereocenters. The van der Waals surface area contributed by atoms with Crippen LogP contribution in [0.4, 0.5) is 16.2 Å². The van der Waals surface area contributed by atoms with Gasteiger partial charge in [-0.25, -0.2) is 9.48 Å². The van der Waals surface area contributed by atoms with Crippen molar-refractivity contribution in [3.05, 3.63) is 54.1 Å². The molecule has 2 amide bonds. The van der Waals surface area contributed by atoms with E-state index in [1.807, 2.05) is 6.07 Å². The summed E-state index contributed by atoms with van der Waals surface area (Å²) in [5.74, 6) is 0. The highest BCUT2D eigenvalue weighted by Gasteiger charge is 2.08. The van der Waals surface area contributed by atoms with Gasteiger partial charge in [-0.1, -0.05) is 11.6 Å². The molecule has 3 rings (SSSR count). The highest BCUT2D eigenvalue weighted by molar-refractivity contribution is 6.32. The fraction of sp³-hybridized carbons (Fsp3) is 0.0714. The fourth-order valence-electron chi connectivity index (χ4n) is 1.96. The van der Waals surface area contributed by atoms with E-state index in [0.717, 1.165) is 5.69 Å². The smallest absolute Gasteiger partial charge is 0.308 e. The number of anilines is 2. The van der Waals surface area contributed by atoms with Crippen molar-refractivity contribution in [2.45, 2.75) is 0 Å². The Balaban J connectivity index is 1.70. The Kier molecular flexibility index (Phi) is 3.80. The molecule has 1 aromatic carbocycles. The monoisotopic (exact) mass is 316 g/mol. The van der Waals surface area contributed by atoms with Gasteiger partial charge in [-0.05, 0) is 24.3 Å². The van der Waals surface area contributed by atoms with Crippen LogP contribution in [0, 0.1) is 0 Å². The van der Waals surface area contributed by atoms with Crippen LogP contribution in [0.1, 0.15) is 0 Å². The van der Waals surface area contributed by atoms with Crippen LogP contribution in [0.3, 0.4) is 0 Å². The second kappa shape index (κ2) is 5.90. The Morgan fingerprint density at radius 2 is 2.05 bits per heavy atom. The van der Waals surface area contributed by atoms with Gasteiger partial charge in [0.05, 0.1) is 22.6 Å². The summed E-state index contributed by atoms with van der Waals surface area (Å²) < 4.78 is 3.26. The van der Waals surface area contributed by atoms with E-state index in [2.05, 4.69) is 20.8 Å². The summed E-state index contributed by atoms with van der Waals surface area (Å²) in [5.41, 5.74) is 1.94. The Bertz CT molecular complexity index is 796. The number of amides is 2. The molecule has 0 aliphatic heterocycles. The van der Waals surface area contributed by atoms with Crippen molar-refractivity contribution in [3.8, 4) is 5.69 Å². The molecule has 2 aromatic heterocycles. The lowest BCUT2D eigenvalue weighted by Gasteiger charge is -2.09. The van der Waals surface area contributed by atoms with Gasteiger partial charge in [0.15, 0.2) is 0 Å². The summed E-state index contributed by atoms with van der Waals surface area (Å²) in [4.78, 5) is 11.9.